The summed E-state index contributed by atoms with van der Waals surface area (Å²) < 4.78 is 0. The standard InChI is InChI=1S/C17H19NO4/c1-5-8-13(17(2,3)4)16(21)22-18-14(19)11-9-6-7-10-12(11)15(18)20/h5-7,9-10,13H,1,8H2,2-4H3. The Morgan fingerprint density at radius 1 is 1.23 bits per heavy atom. The van der Waals surface area contributed by atoms with Crippen LogP contribution in [0.15, 0.2) is 36.9 Å². The van der Waals surface area contributed by atoms with Crippen molar-refractivity contribution in [3.63, 3.8) is 0 Å². The summed E-state index contributed by atoms with van der Waals surface area (Å²) in [6.07, 6.45) is 2.03. The van der Waals surface area contributed by atoms with E-state index in [1.165, 1.54) is 12.1 Å². The number of hydrogen-bond donors (Lipinski definition) is 0. The quantitative estimate of drug-likeness (QED) is 0.633. The molecule has 5 nitrogen and oxygen atoms in total. The zero-order valence-corrected chi connectivity index (χ0v) is 13.0. The van der Waals surface area contributed by atoms with Gasteiger partial charge in [-0.1, -0.05) is 44.0 Å². The zero-order valence-electron chi connectivity index (χ0n) is 13.0. The zero-order chi connectivity index (χ0) is 16.5. The van der Waals surface area contributed by atoms with Crippen molar-refractivity contribution in [2.75, 3.05) is 0 Å². The fraction of sp³-hybridized carbons (Fsp3) is 0.353. The third kappa shape index (κ3) is 2.79. The first-order valence-corrected chi connectivity index (χ1v) is 7.08. The summed E-state index contributed by atoms with van der Waals surface area (Å²) in [4.78, 5) is 41.8. The van der Waals surface area contributed by atoms with Crippen molar-refractivity contribution in [3.05, 3.63) is 48.0 Å². The number of carbonyl (C=O) groups excluding carboxylic acids is 3. The van der Waals surface area contributed by atoms with Crippen molar-refractivity contribution < 1.29 is 19.2 Å². The number of carbonyl (C=O) groups is 3. The fourth-order valence-electron chi connectivity index (χ4n) is 2.37. The molecule has 1 aromatic carbocycles. The van der Waals surface area contributed by atoms with Crippen molar-refractivity contribution >= 4 is 17.8 Å². The molecule has 1 atom stereocenters. The molecule has 0 spiro atoms. The van der Waals surface area contributed by atoms with Gasteiger partial charge < -0.3 is 4.84 Å². The van der Waals surface area contributed by atoms with E-state index >= 15 is 0 Å². The highest BCUT2D eigenvalue weighted by Crippen LogP contribution is 2.31. The number of rotatable bonds is 4. The molecule has 0 saturated carbocycles. The lowest BCUT2D eigenvalue weighted by Gasteiger charge is -2.28. The predicted octanol–water partition coefficient (Wildman–Crippen LogP) is 2.98. The predicted molar refractivity (Wildman–Crippen MR) is 80.8 cm³/mol. The lowest BCUT2D eigenvalue weighted by molar-refractivity contribution is -0.177. The van der Waals surface area contributed by atoms with Gasteiger partial charge in [-0.3, -0.25) is 9.59 Å². The van der Waals surface area contributed by atoms with Gasteiger partial charge in [0.15, 0.2) is 0 Å². The maximum Gasteiger partial charge on any atom is 0.337 e. The second-order valence-corrected chi connectivity index (χ2v) is 6.30. The van der Waals surface area contributed by atoms with E-state index in [4.69, 9.17) is 4.84 Å². The molecule has 2 rings (SSSR count). The van der Waals surface area contributed by atoms with Crippen LogP contribution in [0.25, 0.3) is 0 Å². The molecule has 0 N–H and O–H groups in total. The van der Waals surface area contributed by atoms with Crippen LogP contribution < -0.4 is 0 Å². The van der Waals surface area contributed by atoms with Crippen molar-refractivity contribution in [3.8, 4) is 0 Å². The van der Waals surface area contributed by atoms with Gasteiger partial charge in [-0.2, -0.15) is 0 Å². The molecule has 0 fully saturated rings. The van der Waals surface area contributed by atoms with Gasteiger partial charge in [-0.15, -0.1) is 6.58 Å². The first-order chi connectivity index (χ1) is 10.3. The number of benzene rings is 1. The molecule has 1 aromatic rings. The number of hydrogen-bond acceptors (Lipinski definition) is 4. The van der Waals surface area contributed by atoms with Gasteiger partial charge in [-0.05, 0) is 24.0 Å². The second kappa shape index (κ2) is 5.75. The Morgan fingerprint density at radius 2 is 1.73 bits per heavy atom. The average molecular weight is 301 g/mol. The Labute approximate surface area is 129 Å². The van der Waals surface area contributed by atoms with Crippen LogP contribution in [-0.4, -0.2) is 22.8 Å². The van der Waals surface area contributed by atoms with Crippen molar-refractivity contribution in [1.82, 2.24) is 5.06 Å². The normalized spacial score (nSPS) is 15.5. The summed E-state index contributed by atoms with van der Waals surface area (Å²) >= 11 is 0. The van der Waals surface area contributed by atoms with E-state index in [0.29, 0.717) is 11.5 Å². The molecule has 5 heteroatoms. The minimum atomic E-state index is -0.611. The maximum atomic E-state index is 12.4. The molecule has 0 aliphatic carbocycles. The molecule has 0 aromatic heterocycles. The number of hydroxylamine groups is 2. The van der Waals surface area contributed by atoms with Gasteiger partial charge >= 0.3 is 5.97 Å². The SMILES string of the molecule is C=CCC(C(=O)ON1C(=O)c2ccccc2C1=O)C(C)(C)C. The second-order valence-electron chi connectivity index (χ2n) is 6.30. The highest BCUT2D eigenvalue weighted by atomic mass is 16.7. The van der Waals surface area contributed by atoms with Gasteiger partial charge in [-0.25, -0.2) is 4.79 Å². The molecular formula is C17H19NO4. The van der Waals surface area contributed by atoms with Crippen LogP contribution in [0.2, 0.25) is 0 Å². The molecule has 1 unspecified atom stereocenters. The lowest BCUT2D eigenvalue weighted by Crippen LogP contribution is -2.38. The van der Waals surface area contributed by atoms with E-state index in [1.807, 2.05) is 20.8 Å². The molecule has 2 amide bonds. The Morgan fingerprint density at radius 3 is 2.14 bits per heavy atom. The van der Waals surface area contributed by atoms with Crippen molar-refractivity contribution in [2.24, 2.45) is 11.3 Å². The van der Waals surface area contributed by atoms with Gasteiger partial charge in [0.2, 0.25) is 0 Å². The number of nitrogens with zero attached hydrogens (tertiary/aromatic N) is 1. The molecule has 1 aliphatic rings. The lowest BCUT2D eigenvalue weighted by atomic mass is 9.79. The van der Waals surface area contributed by atoms with E-state index < -0.39 is 23.7 Å². The van der Waals surface area contributed by atoms with Crippen molar-refractivity contribution in [2.45, 2.75) is 27.2 Å². The molecule has 0 radical (unpaired) electrons. The van der Waals surface area contributed by atoms with Gasteiger partial charge in [0.1, 0.15) is 0 Å². The molecule has 1 aliphatic heterocycles. The van der Waals surface area contributed by atoms with Crippen LogP contribution in [0.5, 0.6) is 0 Å². The molecule has 22 heavy (non-hydrogen) atoms. The van der Waals surface area contributed by atoms with Crippen LogP contribution in [0.4, 0.5) is 0 Å². The smallest absolute Gasteiger partial charge is 0.329 e. The minimum absolute atomic E-state index is 0.247. The highest BCUT2D eigenvalue weighted by Gasteiger charge is 2.41. The van der Waals surface area contributed by atoms with Gasteiger partial charge in [0.05, 0.1) is 17.0 Å². The number of amides is 2. The summed E-state index contributed by atoms with van der Waals surface area (Å²) in [6.45, 7) is 9.32. The van der Waals surface area contributed by atoms with Gasteiger partial charge in [0.25, 0.3) is 11.8 Å². The van der Waals surface area contributed by atoms with Crippen LogP contribution in [0, 0.1) is 11.3 Å². The summed E-state index contributed by atoms with van der Waals surface area (Å²) in [7, 11) is 0. The third-order valence-electron chi connectivity index (χ3n) is 3.67. The van der Waals surface area contributed by atoms with Crippen LogP contribution in [-0.2, 0) is 9.63 Å². The Hall–Kier alpha value is -2.43. The summed E-state index contributed by atoms with van der Waals surface area (Å²) in [5.74, 6) is -2.32. The maximum absolute atomic E-state index is 12.4. The summed E-state index contributed by atoms with van der Waals surface area (Å²) in [5.41, 5.74) is 0.122. The third-order valence-corrected chi connectivity index (χ3v) is 3.67. The Kier molecular flexibility index (Phi) is 4.17. The van der Waals surface area contributed by atoms with E-state index in [-0.39, 0.29) is 16.5 Å². The molecule has 0 bridgehead atoms. The molecule has 1 heterocycles. The van der Waals surface area contributed by atoms with Crippen molar-refractivity contribution in [1.29, 1.82) is 0 Å². The number of imide groups is 1. The molecular weight excluding hydrogens is 282 g/mol. The summed E-state index contributed by atoms with van der Waals surface area (Å²) in [6, 6.07) is 6.39. The minimum Gasteiger partial charge on any atom is -0.329 e. The van der Waals surface area contributed by atoms with E-state index in [1.54, 1.807) is 18.2 Å². The van der Waals surface area contributed by atoms with E-state index in [2.05, 4.69) is 6.58 Å². The fourth-order valence-corrected chi connectivity index (χ4v) is 2.37. The number of allylic oxidation sites excluding steroid dienone is 1. The topological polar surface area (TPSA) is 63.7 Å². The van der Waals surface area contributed by atoms with Gasteiger partial charge in [0, 0.05) is 0 Å². The Balaban J connectivity index is 2.21. The number of fused-ring (bicyclic) bond motifs is 1. The first kappa shape index (κ1) is 15.9. The molecule has 116 valence electrons. The largest absolute Gasteiger partial charge is 0.337 e. The van der Waals surface area contributed by atoms with Crippen LogP contribution >= 0.6 is 0 Å². The van der Waals surface area contributed by atoms with E-state index in [9.17, 15) is 14.4 Å². The molecule has 0 saturated heterocycles. The monoisotopic (exact) mass is 301 g/mol. The van der Waals surface area contributed by atoms with Crippen LogP contribution in [0.1, 0.15) is 47.9 Å². The average Bonchev–Trinajstić information content (AvgIpc) is 2.69. The summed E-state index contributed by atoms with van der Waals surface area (Å²) in [5, 5.41) is 0.550. The van der Waals surface area contributed by atoms with E-state index in [0.717, 1.165) is 0 Å². The first-order valence-electron chi connectivity index (χ1n) is 7.08. The highest BCUT2D eigenvalue weighted by molar-refractivity contribution is 6.20. The Bertz CT molecular complexity index is 607. The van der Waals surface area contributed by atoms with Crippen LogP contribution in [0.3, 0.4) is 0 Å².